The van der Waals surface area contributed by atoms with Crippen LogP contribution in [0.3, 0.4) is 0 Å². The Hall–Kier alpha value is -1.55. The summed E-state index contributed by atoms with van der Waals surface area (Å²) in [5, 5.41) is 3.55. The Kier molecular flexibility index (Phi) is 3.89. The predicted molar refractivity (Wildman–Crippen MR) is 83.3 cm³/mol. The van der Waals surface area contributed by atoms with Gasteiger partial charge in [-0.25, -0.2) is 4.79 Å². The van der Waals surface area contributed by atoms with Crippen molar-refractivity contribution in [1.29, 1.82) is 0 Å². The molecule has 2 heterocycles. The van der Waals surface area contributed by atoms with Crippen molar-refractivity contribution in [3.05, 3.63) is 29.8 Å². The zero-order valence-corrected chi connectivity index (χ0v) is 12.9. The molecule has 21 heavy (non-hydrogen) atoms. The van der Waals surface area contributed by atoms with Crippen LogP contribution in [0.5, 0.6) is 0 Å². The molecule has 0 radical (unpaired) electrons. The molecule has 3 unspecified atom stereocenters. The van der Waals surface area contributed by atoms with E-state index in [2.05, 4.69) is 29.3 Å². The molecule has 2 saturated heterocycles. The van der Waals surface area contributed by atoms with Crippen molar-refractivity contribution in [2.75, 3.05) is 31.6 Å². The molecule has 0 spiro atoms. The molecule has 3 rings (SSSR count). The van der Waals surface area contributed by atoms with Crippen LogP contribution < -0.4 is 5.32 Å². The first-order chi connectivity index (χ1) is 10.1. The fraction of sp³-hybridized carbons (Fsp3) is 0.588. The fourth-order valence-corrected chi connectivity index (χ4v) is 3.70. The molecule has 2 aliphatic rings. The molecule has 0 aromatic heterocycles. The minimum absolute atomic E-state index is 0.0851. The smallest absolute Gasteiger partial charge is 0.332 e. The van der Waals surface area contributed by atoms with Gasteiger partial charge in [0.1, 0.15) is 5.54 Å². The lowest BCUT2D eigenvalue weighted by Gasteiger charge is -2.42. The number of benzene rings is 1. The van der Waals surface area contributed by atoms with Gasteiger partial charge < -0.3 is 15.0 Å². The average Bonchev–Trinajstić information content (AvgIpc) is 2.87. The number of aryl methyl sites for hydroxylation is 1. The molecule has 2 bridgehead atoms. The lowest BCUT2D eigenvalue weighted by atomic mass is 9.78. The number of hydrogen-bond acceptors (Lipinski definition) is 4. The van der Waals surface area contributed by atoms with E-state index in [0.29, 0.717) is 12.5 Å². The third-order valence-corrected chi connectivity index (χ3v) is 4.82. The summed E-state index contributed by atoms with van der Waals surface area (Å²) in [6.07, 6.45) is 1.89. The molecule has 4 nitrogen and oxygen atoms in total. The molecular weight excluding hydrogens is 264 g/mol. The van der Waals surface area contributed by atoms with Crippen LogP contribution >= 0.6 is 0 Å². The van der Waals surface area contributed by atoms with Crippen molar-refractivity contribution in [2.45, 2.75) is 32.2 Å². The van der Waals surface area contributed by atoms with E-state index in [-0.39, 0.29) is 5.97 Å². The van der Waals surface area contributed by atoms with Gasteiger partial charge in [-0.3, -0.25) is 0 Å². The van der Waals surface area contributed by atoms with Crippen LogP contribution in [-0.4, -0.2) is 42.6 Å². The van der Waals surface area contributed by atoms with Crippen LogP contribution in [0.2, 0.25) is 0 Å². The number of piperidine rings is 1. The second-order valence-corrected chi connectivity index (χ2v) is 6.22. The third-order valence-electron chi connectivity index (χ3n) is 4.82. The molecule has 0 amide bonds. The van der Waals surface area contributed by atoms with Gasteiger partial charge in [0.15, 0.2) is 0 Å². The molecule has 114 valence electrons. The third kappa shape index (κ3) is 2.64. The van der Waals surface area contributed by atoms with Crippen LogP contribution in [0.4, 0.5) is 5.69 Å². The minimum atomic E-state index is -0.559. The van der Waals surface area contributed by atoms with E-state index >= 15 is 0 Å². The summed E-state index contributed by atoms with van der Waals surface area (Å²) in [5.41, 5.74) is 1.66. The molecule has 1 N–H and O–H groups in total. The summed E-state index contributed by atoms with van der Waals surface area (Å²) in [5.74, 6) is 0.254. The summed E-state index contributed by atoms with van der Waals surface area (Å²) >= 11 is 0. The van der Waals surface area contributed by atoms with E-state index in [0.717, 1.165) is 38.2 Å². The quantitative estimate of drug-likeness (QED) is 0.864. The van der Waals surface area contributed by atoms with Gasteiger partial charge in [0.2, 0.25) is 0 Å². The molecular formula is C17H24N2O2. The average molecular weight is 288 g/mol. The maximum atomic E-state index is 12.7. The number of anilines is 1. The van der Waals surface area contributed by atoms with Crippen LogP contribution in [-0.2, 0) is 9.53 Å². The highest BCUT2D eigenvalue weighted by molar-refractivity contribution is 5.85. The van der Waals surface area contributed by atoms with E-state index in [9.17, 15) is 4.79 Å². The number of esters is 1. The Bertz CT molecular complexity index is 531. The summed E-state index contributed by atoms with van der Waals surface area (Å²) in [7, 11) is 0. The zero-order valence-electron chi connectivity index (χ0n) is 12.9. The molecule has 2 aliphatic heterocycles. The molecule has 0 aliphatic carbocycles. The van der Waals surface area contributed by atoms with Gasteiger partial charge in [-0.2, -0.15) is 0 Å². The van der Waals surface area contributed by atoms with E-state index in [1.807, 2.05) is 19.1 Å². The van der Waals surface area contributed by atoms with Gasteiger partial charge in [-0.05, 0) is 50.9 Å². The maximum Gasteiger partial charge on any atom is 0.332 e. The first-order valence-corrected chi connectivity index (χ1v) is 7.88. The van der Waals surface area contributed by atoms with E-state index in [4.69, 9.17) is 4.74 Å². The Morgan fingerprint density at radius 2 is 2.33 bits per heavy atom. The van der Waals surface area contributed by atoms with E-state index in [1.165, 1.54) is 5.56 Å². The van der Waals surface area contributed by atoms with Gasteiger partial charge in [0.05, 0.1) is 6.61 Å². The first kappa shape index (κ1) is 14.4. The Morgan fingerprint density at radius 1 is 1.48 bits per heavy atom. The molecule has 1 aromatic rings. The monoisotopic (exact) mass is 288 g/mol. The number of carbonyl (C=O) groups excluding carboxylic acids is 1. The number of carbonyl (C=O) groups is 1. The first-order valence-electron chi connectivity index (χ1n) is 7.88. The zero-order chi connectivity index (χ0) is 14.9. The fourth-order valence-electron chi connectivity index (χ4n) is 3.70. The Labute approximate surface area is 126 Å². The Morgan fingerprint density at radius 3 is 3.10 bits per heavy atom. The van der Waals surface area contributed by atoms with Crippen molar-refractivity contribution >= 4 is 11.7 Å². The molecule has 0 saturated carbocycles. The highest BCUT2D eigenvalue weighted by atomic mass is 16.5. The number of nitrogens with zero attached hydrogens (tertiary/aromatic N) is 1. The van der Waals surface area contributed by atoms with Gasteiger partial charge >= 0.3 is 5.97 Å². The largest absolute Gasteiger partial charge is 0.464 e. The summed E-state index contributed by atoms with van der Waals surface area (Å²) in [6.45, 7) is 7.45. The SMILES string of the molecule is CCOC(=O)C1(Nc2cccc(C)c2)CCN2CCC1C2. The summed E-state index contributed by atoms with van der Waals surface area (Å²) < 4.78 is 5.42. The molecule has 3 atom stereocenters. The lowest BCUT2D eigenvalue weighted by Crippen LogP contribution is -2.58. The minimum Gasteiger partial charge on any atom is -0.464 e. The van der Waals surface area contributed by atoms with E-state index in [1.54, 1.807) is 0 Å². The second-order valence-electron chi connectivity index (χ2n) is 6.22. The lowest BCUT2D eigenvalue weighted by molar-refractivity contribution is -0.151. The topological polar surface area (TPSA) is 41.6 Å². The van der Waals surface area contributed by atoms with Crippen LogP contribution in [0.25, 0.3) is 0 Å². The van der Waals surface area contributed by atoms with Gasteiger partial charge in [-0.1, -0.05) is 12.1 Å². The van der Waals surface area contributed by atoms with Gasteiger partial charge in [0.25, 0.3) is 0 Å². The number of nitrogens with one attached hydrogen (secondary N) is 1. The van der Waals surface area contributed by atoms with Crippen LogP contribution in [0.1, 0.15) is 25.3 Å². The molecule has 4 heteroatoms. The number of fused-ring (bicyclic) bond motifs is 2. The van der Waals surface area contributed by atoms with Crippen LogP contribution in [0, 0.1) is 12.8 Å². The molecule has 2 fully saturated rings. The highest BCUT2D eigenvalue weighted by Crippen LogP contribution is 2.39. The van der Waals surface area contributed by atoms with Crippen molar-refractivity contribution in [1.82, 2.24) is 4.90 Å². The normalized spacial score (nSPS) is 31.0. The maximum absolute atomic E-state index is 12.7. The standard InChI is InChI=1S/C17H24N2O2/c1-3-21-16(20)17(8-10-19-9-7-14(17)12-19)18-15-6-4-5-13(2)11-15/h4-6,11,14,18H,3,7-10,12H2,1-2H3. The van der Waals surface area contributed by atoms with Crippen molar-refractivity contribution < 1.29 is 9.53 Å². The van der Waals surface area contributed by atoms with Crippen LogP contribution in [0.15, 0.2) is 24.3 Å². The van der Waals surface area contributed by atoms with Gasteiger partial charge in [-0.15, -0.1) is 0 Å². The predicted octanol–water partition coefficient (Wildman–Crippen LogP) is 2.43. The van der Waals surface area contributed by atoms with E-state index < -0.39 is 5.54 Å². The van der Waals surface area contributed by atoms with Gasteiger partial charge in [0, 0.05) is 24.7 Å². The van der Waals surface area contributed by atoms with Crippen molar-refractivity contribution in [2.24, 2.45) is 5.92 Å². The summed E-state index contributed by atoms with van der Waals surface area (Å²) in [6, 6.07) is 8.23. The number of ether oxygens (including phenoxy) is 1. The van der Waals surface area contributed by atoms with Crippen molar-refractivity contribution in [3.8, 4) is 0 Å². The molecule has 1 aromatic carbocycles. The second kappa shape index (κ2) is 5.68. The number of hydrogen-bond donors (Lipinski definition) is 1. The summed E-state index contributed by atoms with van der Waals surface area (Å²) in [4.78, 5) is 15.1. The van der Waals surface area contributed by atoms with Crippen molar-refractivity contribution in [3.63, 3.8) is 0 Å². The number of rotatable bonds is 4. The highest BCUT2D eigenvalue weighted by Gasteiger charge is 2.52. The Balaban J connectivity index is 1.90.